The van der Waals surface area contributed by atoms with Crippen LogP contribution in [0.5, 0.6) is 5.75 Å². The van der Waals surface area contributed by atoms with E-state index in [9.17, 15) is 0 Å². The normalized spacial score (nSPS) is 17.9. The van der Waals surface area contributed by atoms with Crippen LogP contribution in [0.3, 0.4) is 0 Å². The van der Waals surface area contributed by atoms with Gasteiger partial charge in [0, 0.05) is 12.0 Å². The molecular weight excluding hydrogens is 222 g/mol. The molecule has 18 heavy (non-hydrogen) atoms. The number of rotatable bonds is 6. The SMILES string of the molecule is CCNCC1(c2ccc(OCC)cc2)CCCC1. The van der Waals surface area contributed by atoms with Crippen LogP contribution in [0.2, 0.25) is 0 Å². The maximum absolute atomic E-state index is 5.52. The van der Waals surface area contributed by atoms with Crippen LogP contribution in [0.4, 0.5) is 0 Å². The lowest BCUT2D eigenvalue weighted by atomic mass is 9.79. The van der Waals surface area contributed by atoms with Gasteiger partial charge in [-0.2, -0.15) is 0 Å². The van der Waals surface area contributed by atoms with Gasteiger partial charge >= 0.3 is 0 Å². The van der Waals surface area contributed by atoms with E-state index in [1.807, 2.05) is 6.92 Å². The van der Waals surface area contributed by atoms with Gasteiger partial charge in [0.25, 0.3) is 0 Å². The third-order valence-corrected chi connectivity index (χ3v) is 4.05. The van der Waals surface area contributed by atoms with E-state index in [1.54, 1.807) is 0 Å². The van der Waals surface area contributed by atoms with Crippen molar-refractivity contribution in [3.05, 3.63) is 29.8 Å². The van der Waals surface area contributed by atoms with E-state index in [1.165, 1.54) is 31.2 Å². The molecule has 0 unspecified atom stereocenters. The highest BCUT2D eigenvalue weighted by Gasteiger charge is 2.34. The van der Waals surface area contributed by atoms with Gasteiger partial charge in [0.1, 0.15) is 5.75 Å². The van der Waals surface area contributed by atoms with Crippen molar-refractivity contribution in [3.8, 4) is 5.75 Å². The average molecular weight is 247 g/mol. The highest BCUT2D eigenvalue weighted by molar-refractivity contribution is 5.33. The molecule has 1 N–H and O–H groups in total. The smallest absolute Gasteiger partial charge is 0.119 e. The van der Waals surface area contributed by atoms with E-state index in [0.29, 0.717) is 5.41 Å². The Bertz CT molecular complexity index is 352. The number of benzene rings is 1. The second-order valence-corrected chi connectivity index (χ2v) is 5.23. The van der Waals surface area contributed by atoms with Crippen molar-refractivity contribution in [3.63, 3.8) is 0 Å². The molecule has 100 valence electrons. The first-order chi connectivity index (χ1) is 8.80. The molecular formula is C16H25NO. The van der Waals surface area contributed by atoms with Crippen molar-refractivity contribution in [2.45, 2.75) is 44.9 Å². The summed E-state index contributed by atoms with van der Waals surface area (Å²) in [4.78, 5) is 0. The summed E-state index contributed by atoms with van der Waals surface area (Å²) in [7, 11) is 0. The zero-order valence-electron chi connectivity index (χ0n) is 11.7. The molecule has 1 aliphatic rings. The van der Waals surface area contributed by atoms with E-state index in [2.05, 4.69) is 36.5 Å². The fourth-order valence-electron chi connectivity index (χ4n) is 3.05. The Morgan fingerprint density at radius 2 is 1.78 bits per heavy atom. The number of likely N-dealkylation sites (N-methyl/N-ethyl adjacent to an activating group) is 1. The van der Waals surface area contributed by atoms with Crippen LogP contribution in [0, 0.1) is 0 Å². The number of hydrogen-bond acceptors (Lipinski definition) is 2. The summed E-state index contributed by atoms with van der Waals surface area (Å²) in [6, 6.07) is 8.75. The molecule has 0 heterocycles. The zero-order valence-corrected chi connectivity index (χ0v) is 11.7. The topological polar surface area (TPSA) is 21.3 Å². The number of hydrogen-bond donors (Lipinski definition) is 1. The van der Waals surface area contributed by atoms with Gasteiger partial charge < -0.3 is 10.1 Å². The van der Waals surface area contributed by atoms with E-state index < -0.39 is 0 Å². The highest BCUT2D eigenvalue weighted by Crippen LogP contribution is 2.41. The summed E-state index contributed by atoms with van der Waals surface area (Å²) in [5, 5.41) is 3.54. The van der Waals surface area contributed by atoms with Gasteiger partial charge in [-0.1, -0.05) is 31.9 Å². The molecule has 0 aromatic heterocycles. The Morgan fingerprint density at radius 1 is 1.11 bits per heavy atom. The molecule has 2 heteroatoms. The molecule has 1 aliphatic carbocycles. The summed E-state index contributed by atoms with van der Waals surface area (Å²) < 4.78 is 5.52. The average Bonchev–Trinajstić information content (AvgIpc) is 2.88. The summed E-state index contributed by atoms with van der Waals surface area (Å²) in [5.74, 6) is 0.984. The molecule has 0 bridgehead atoms. The standard InChI is InChI=1S/C16H25NO/c1-3-17-13-16(11-5-6-12-16)14-7-9-15(10-8-14)18-4-2/h7-10,17H,3-6,11-13H2,1-2H3. The molecule has 2 rings (SSSR count). The van der Waals surface area contributed by atoms with E-state index in [0.717, 1.165) is 25.4 Å². The molecule has 0 radical (unpaired) electrons. The minimum absolute atomic E-state index is 0.362. The van der Waals surface area contributed by atoms with Gasteiger partial charge in [-0.05, 0) is 44.0 Å². The maximum atomic E-state index is 5.52. The third-order valence-electron chi connectivity index (χ3n) is 4.05. The van der Waals surface area contributed by atoms with Crippen molar-refractivity contribution in [1.29, 1.82) is 0 Å². The second-order valence-electron chi connectivity index (χ2n) is 5.23. The van der Waals surface area contributed by atoms with Gasteiger partial charge in [0.2, 0.25) is 0 Å². The van der Waals surface area contributed by atoms with Crippen LogP contribution >= 0.6 is 0 Å². The Labute approximate surface area is 111 Å². The van der Waals surface area contributed by atoms with Crippen LogP contribution in [-0.2, 0) is 5.41 Å². The molecule has 0 aliphatic heterocycles. The van der Waals surface area contributed by atoms with Crippen molar-refractivity contribution in [1.82, 2.24) is 5.32 Å². The fourth-order valence-corrected chi connectivity index (χ4v) is 3.05. The van der Waals surface area contributed by atoms with Crippen LogP contribution in [0.1, 0.15) is 45.1 Å². The number of nitrogens with one attached hydrogen (secondary N) is 1. The Morgan fingerprint density at radius 3 is 2.33 bits per heavy atom. The lowest BCUT2D eigenvalue weighted by molar-refractivity contribution is 0.339. The van der Waals surface area contributed by atoms with E-state index in [-0.39, 0.29) is 0 Å². The predicted molar refractivity (Wildman–Crippen MR) is 76.3 cm³/mol. The largest absolute Gasteiger partial charge is 0.494 e. The zero-order chi connectivity index (χ0) is 12.8. The molecule has 0 saturated heterocycles. The molecule has 0 amide bonds. The molecule has 1 aromatic carbocycles. The quantitative estimate of drug-likeness (QED) is 0.830. The summed E-state index contributed by atoms with van der Waals surface area (Å²) in [5.41, 5.74) is 1.84. The summed E-state index contributed by atoms with van der Waals surface area (Å²) >= 11 is 0. The van der Waals surface area contributed by atoms with E-state index >= 15 is 0 Å². The molecule has 0 spiro atoms. The molecule has 1 fully saturated rings. The first kappa shape index (κ1) is 13.4. The second kappa shape index (κ2) is 6.24. The number of ether oxygens (including phenoxy) is 1. The van der Waals surface area contributed by atoms with Crippen molar-refractivity contribution >= 4 is 0 Å². The minimum atomic E-state index is 0.362. The van der Waals surface area contributed by atoms with Gasteiger partial charge in [-0.25, -0.2) is 0 Å². The van der Waals surface area contributed by atoms with Crippen molar-refractivity contribution in [2.75, 3.05) is 19.7 Å². The fraction of sp³-hybridized carbons (Fsp3) is 0.625. The predicted octanol–water partition coefficient (Wildman–Crippen LogP) is 3.51. The van der Waals surface area contributed by atoms with Crippen LogP contribution < -0.4 is 10.1 Å². The summed E-state index contributed by atoms with van der Waals surface area (Å²) in [6.45, 7) is 7.11. The molecule has 1 saturated carbocycles. The minimum Gasteiger partial charge on any atom is -0.494 e. The third kappa shape index (κ3) is 2.86. The van der Waals surface area contributed by atoms with Crippen molar-refractivity contribution in [2.24, 2.45) is 0 Å². The van der Waals surface area contributed by atoms with Crippen LogP contribution in [0.25, 0.3) is 0 Å². The Hall–Kier alpha value is -1.02. The van der Waals surface area contributed by atoms with Gasteiger partial charge in [0.15, 0.2) is 0 Å². The van der Waals surface area contributed by atoms with Gasteiger partial charge in [-0.15, -0.1) is 0 Å². The molecule has 1 aromatic rings. The van der Waals surface area contributed by atoms with Gasteiger partial charge in [0.05, 0.1) is 6.61 Å². The summed E-state index contributed by atoms with van der Waals surface area (Å²) in [6.07, 6.45) is 5.35. The van der Waals surface area contributed by atoms with E-state index in [4.69, 9.17) is 4.74 Å². The molecule has 0 atom stereocenters. The van der Waals surface area contributed by atoms with Crippen LogP contribution in [0.15, 0.2) is 24.3 Å². The first-order valence-electron chi connectivity index (χ1n) is 7.25. The first-order valence-corrected chi connectivity index (χ1v) is 7.25. The highest BCUT2D eigenvalue weighted by atomic mass is 16.5. The van der Waals surface area contributed by atoms with Crippen molar-refractivity contribution < 1.29 is 4.74 Å². The monoisotopic (exact) mass is 247 g/mol. The molecule has 2 nitrogen and oxygen atoms in total. The lowest BCUT2D eigenvalue weighted by Gasteiger charge is -2.30. The van der Waals surface area contributed by atoms with Crippen LogP contribution in [-0.4, -0.2) is 19.7 Å². The Balaban J connectivity index is 2.14. The Kier molecular flexibility index (Phi) is 4.65. The van der Waals surface area contributed by atoms with Gasteiger partial charge in [-0.3, -0.25) is 0 Å². The lowest BCUT2D eigenvalue weighted by Crippen LogP contribution is -2.35. The maximum Gasteiger partial charge on any atom is 0.119 e.